The van der Waals surface area contributed by atoms with Crippen LogP contribution >= 0.6 is 11.8 Å². The summed E-state index contributed by atoms with van der Waals surface area (Å²) in [6.07, 6.45) is 1.12. The summed E-state index contributed by atoms with van der Waals surface area (Å²) in [5, 5.41) is 6.58. The molecular weight excluding hydrogens is 192 g/mol. The zero-order chi connectivity index (χ0) is 9.80. The molecule has 0 spiro atoms. The van der Waals surface area contributed by atoms with E-state index in [4.69, 9.17) is 0 Å². The summed E-state index contributed by atoms with van der Waals surface area (Å²) in [5.41, 5.74) is 2.73. The van der Waals surface area contributed by atoms with Crippen molar-refractivity contribution in [2.75, 3.05) is 31.2 Å². The maximum atomic E-state index is 3.41. The second-order valence-corrected chi connectivity index (χ2v) is 4.60. The van der Waals surface area contributed by atoms with E-state index < -0.39 is 0 Å². The Morgan fingerprint density at radius 2 is 2.43 bits per heavy atom. The Hall–Kier alpha value is -0.670. The van der Waals surface area contributed by atoms with Gasteiger partial charge in [-0.05, 0) is 37.7 Å². The van der Waals surface area contributed by atoms with Gasteiger partial charge in [0.15, 0.2) is 0 Å². The first-order valence-corrected chi connectivity index (χ1v) is 6.03. The van der Waals surface area contributed by atoms with Crippen LogP contribution in [0, 0.1) is 0 Å². The molecule has 0 bridgehead atoms. The molecule has 1 heterocycles. The number of likely N-dealkylation sites (N-methyl/N-ethyl adjacent to an activating group) is 1. The van der Waals surface area contributed by atoms with E-state index in [1.54, 1.807) is 0 Å². The Bertz CT molecular complexity index is 312. The van der Waals surface area contributed by atoms with Crippen LogP contribution in [0.25, 0.3) is 0 Å². The van der Waals surface area contributed by atoms with E-state index in [1.807, 2.05) is 18.8 Å². The summed E-state index contributed by atoms with van der Waals surface area (Å²) in [4.78, 5) is 1.41. The highest BCUT2D eigenvalue weighted by molar-refractivity contribution is 7.99. The molecule has 76 valence electrons. The minimum atomic E-state index is 1.05. The third-order valence-corrected chi connectivity index (χ3v) is 3.44. The first kappa shape index (κ1) is 9.87. The van der Waals surface area contributed by atoms with Gasteiger partial charge in [0.05, 0.1) is 0 Å². The predicted octanol–water partition coefficient (Wildman–Crippen LogP) is 1.97. The lowest BCUT2D eigenvalue weighted by Gasteiger charge is -2.18. The van der Waals surface area contributed by atoms with Crippen molar-refractivity contribution in [3.63, 3.8) is 0 Å². The molecule has 0 saturated heterocycles. The number of fused-ring (bicyclic) bond motifs is 1. The number of thioether (sulfide) groups is 1. The number of benzene rings is 1. The molecule has 0 aliphatic carbocycles. The van der Waals surface area contributed by atoms with Crippen molar-refractivity contribution in [3.05, 3.63) is 23.8 Å². The molecule has 0 saturated carbocycles. The molecule has 0 radical (unpaired) electrons. The average molecular weight is 208 g/mol. The predicted molar refractivity (Wildman–Crippen MR) is 63.3 cm³/mol. The topological polar surface area (TPSA) is 24.1 Å². The molecule has 0 fully saturated rings. The van der Waals surface area contributed by atoms with Crippen LogP contribution in [0.2, 0.25) is 0 Å². The van der Waals surface area contributed by atoms with E-state index in [0.29, 0.717) is 0 Å². The molecule has 1 aliphatic rings. The molecule has 1 aliphatic heterocycles. The van der Waals surface area contributed by atoms with Crippen LogP contribution < -0.4 is 10.6 Å². The fourth-order valence-corrected chi connectivity index (χ4v) is 2.56. The lowest BCUT2D eigenvalue weighted by atomic mass is 10.1. The number of nitrogens with one attached hydrogen (secondary N) is 2. The van der Waals surface area contributed by atoms with E-state index in [2.05, 4.69) is 28.8 Å². The molecule has 0 amide bonds. The van der Waals surface area contributed by atoms with Gasteiger partial charge in [0.1, 0.15) is 0 Å². The molecule has 14 heavy (non-hydrogen) atoms. The van der Waals surface area contributed by atoms with Gasteiger partial charge in [0.25, 0.3) is 0 Å². The Morgan fingerprint density at radius 1 is 1.50 bits per heavy atom. The number of anilines is 1. The zero-order valence-electron chi connectivity index (χ0n) is 8.47. The first-order valence-electron chi connectivity index (χ1n) is 5.04. The standard InChI is InChI=1S/C11H16N2S/c1-12-5-4-9-2-3-10-11(8-9)14-7-6-13-10/h2-3,8,12-13H,4-7H2,1H3. The van der Waals surface area contributed by atoms with Crippen LogP contribution in [0.15, 0.2) is 23.1 Å². The van der Waals surface area contributed by atoms with E-state index >= 15 is 0 Å². The van der Waals surface area contributed by atoms with E-state index in [9.17, 15) is 0 Å². The molecule has 2 rings (SSSR count). The van der Waals surface area contributed by atoms with Gasteiger partial charge < -0.3 is 10.6 Å². The molecule has 0 atom stereocenters. The molecule has 3 heteroatoms. The maximum Gasteiger partial charge on any atom is 0.0478 e. The molecule has 0 unspecified atom stereocenters. The molecule has 1 aromatic carbocycles. The normalized spacial score (nSPS) is 14.6. The van der Waals surface area contributed by atoms with Gasteiger partial charge in [-0.3, -0.25) is 0 Å². The van der Waals surface area contributed by atoms with Gasteiger partial charge >= 0.3 is 0 Å². The van der Waals surface area contributed by atoms with Crippen molar-refractivity contribution in [1.29, 1.82) is 0 Å². The summed E-state index contributed by atoms with van der Waals surface area (Å²) >= 11 is 1.95. The number of hydrogen-bond donors (Lipinski definition) is 2. The van der Waals surface area contributed by atoms with Crippen LogP contribution in [0.5, 0.6) is 0 Å². The van der Waals surface area contributed by atoms with Gasteiger partial charge in [0.2, 0.25) is 0 Å². The number of rotatable bonds is 3. The van der Waals surface area contributed by atoms with E-state index in [0.717, 1.165) is 19.5 Å². The minimum absolute atomic E-state index is 1.05. The second-order valence-electron chi connectivity index (χ2n) is 3.46. The van der Waals surface area contributed by atoms with Gasteiger partial charge in [-0.15, -0.1) is 11.8 Å². The molecule has 0 aromatic heterocycles. The summed E-state index contributed by atoms with van der Waals surface area (Å²) in [6.45, 7) is 2.14. The largest absolute Gasteiger partial charge is 0.383 e. The summed E-state index contributed by atoms with van der Waals surface area (Å²) < 4.78 is 0. The van der Waals surface area contributed by atoms with Crippen LogP contribution in [-0.2, 0) is 6.42 Å². The number of hydrogen-bond acceptors (Lipinski definition) is 3. The average Bonchev–Trinajstić information content (AvgIpc) is 2.26. The third kappa shape index (κ3) is 2.22. The van der Waals surface area contributed by atoms with Crippen molar-refractivity contribution >= 4 is 17.4 Å². The van der Waals surface area contributed by atoms with Gasteiger partial charge in [-0.1, -0.05) is 6.07 Å². The second kappa shape index (κ2) is 4.71. The van der Waals surface area contributed by atoms with Crippen LogP contribution in [0.4, 0.5) is 5.69 Å². The van der Waals surface area contributed by atoms with Gasteiger partial charge in [-0.25, -0.2) is 0 Å². The lowest BCUT2D eigenvalue weighted by molar-refractivity contribution is 0.790. The SMILES string of the molecule is CNCCc1ccc2c(c1)SCCN2. The Labute approximate surface area is 89.5 Å². The molecule has 2 nitrogen and oxygen atoms in total. The third-order valence-electron chi connectivity index (χ3n) is 2.38. The Morgan fingerprint density at radius 3 is 3.29 bits per heavy atom. The molecular formula is C11H16N2S. The first-order chi connectivity index (χ1) is 6.90. The molecule has 2 N–H and O–H groups in total. The van der Waals surface area contributed by atoms with E-state index in [1.165, 1.54) is 21.9 Å². The van der Waals surface area contributed by atoms with Gasteiger partial charge in [0, 0.05) is 22.9 Å². The van der Waals surface area contributed by atoms with Crippen LogP contribution in [-0.4, -0.2) is 25.9 Å². The smallest absolute Gasteiger partial charge is 0.0478 e. The Kier molecular flexibility index (Phi) is 3.32. The molecule has 1 aromatic rings. The summed E-state index contributed by atoms with van der Waals surface area (Å²) in [6, 6.07) is 6.73. The van der Waals surface area contributed by atoms with E-state index in [-0.39, 0.29) is 0 Å². The summed E-state index contributed by atoms with van der Waals surface area (Å²) in [5.74, 6) is 1.18. The zero-order valence-corrected chi connectivity index (χ0v) is 9.29. The highest BCUT2D eigenvalue weighted by atomic mass is 32.2. The highest BCUT2D eigenvalue weighted by Gasteiger charge is 2.08. The van der Waals surface area contributed by atoms with Crippen molar-refractivity contribution in [1.82, 2.24) is 5.32 Å². The fraction of sp³-hybridized carbons (Fsp3) is 0.455. The van der Waals surface area contributed by atoms with Crippen LogP contribution in [0.1, 0.15) is 5.56 Å². The van der Waals surface area contributed by atoms with Crippen molar-refractivity contribution in [2.45, 2.75) is 11.3 Å². The maximum absolute atomic E-state index is 3.41. The van der Waals surface area contributed by atoms with Crippen molar-refractivity contribution in [3.8, 4) is 0 Å². The van der Waals surface area contributed by atoms with Crippen molar-refractivity contribution in [2.24, 2.45) is 0 Å². The van der Waals surface area contributed by atoms with Crippen molar-refractivity contribution < 1.29 is 0 Å². The summed E-state index contributed by atoms with van der Waals surface area (Å²) in [7, 11) is 1.99. The highest BCUT2D eigenvalue weighted by Crippen LogP contribution is 2.31. The van der Waals surface area contributed by atoms with Crippen LogP contribution in [0.3, 0.4) is 0 Å². The lowest BCUT2D eigenvalue weighted by Crippen LogP contribution is -2.12. The quantitative estimate of drug-likeness (QED) is 0.794. The monoisotopic (exact) mass is 208 g/mol. The van der Waals surface area contributed by atoms with Gasteiger partial charge in [-0.2, -0.15) is 0 Å². The fourth-order valence-electron chi connectivity index (χ4n) is 1.60. The minimum Gasteiger partial charge on any atom is -0.383 e. The Balaban J connectivity index is 2.12.